The molecule has 2 rings (SSSR count). The molecule has 0 aromatic heterocycles. The molecule has 1 aromatic carbocycles. The second-order valence-corrected chi connectivity index (χ2v) is 4.83. The van der Waals surface area contributed by atoms with E-state index in [1.54, 1.807) is 24.3 Å². The molecule has 0 spiro atoms. The first kappa shape index (κ1) is 13.5. The van der Waals surface area contributed by atoms with Gasteiger partial charge in [0.25, 0.3) is 5.91 Å². The zero-order valence-electron chi connectivity index (χ0n) is 11.0. The molecule has 5 nitrogen and oxygen atoms in total. The van der Waals surface area contributed by atoms with Gasteiger partial charge in [0.2, 0.25) is 5.91 Å². The van der Waals surface area contributed by atoms with Crippen molar-refractivity contribution in [3.05, 3.63) is 29.8 Å². The van der Waals surface area contributed by atoms with E-state index in [1.807, 2.05) is 6.92 Å². The van der Waals surface area contributed by atoms with Crippen molar-refractivity contribution in [1.82, 2.24) is 5.32 Å². The molecule has 1 aromatic rings. The Morgan fingerprint density at radius 1 is 1.42 bits per heavy atom. The van der Waals surface area contributed by atoms with E-state index < -0.39 is 6.04 Å². The molecule has 0 unspecified atom stereocenters. The molecular weight excluding hydrogens is 242 g/mol. The van der Waals surface area contributed by atoms with Gasteiger partial charge in [-0.25, -0.2) is 0 Å². The van der Waals surface area contributed by atoms with Gasteiger partial charge in [0, 0.05) is 17.3 Å². The zero-order valence-corrected chi connectivity index (χ0v) is 11.0. The maximum atomic E-state index is 11.9. The summed E-state index contributed by atoms with van der Waals surface area (Å²) in [5.41, 5.74) is 6.79. The number of carbonyl (C=O) groups excluding carboxylic acids is 2. The molecule has 0 bridgehead atoms. The second kappa shape index (κ2) is 5.84. The van der Waals surface area contributed by atoms with Gasteiger partial charge in [0.15, 0.2) is 0 Å². The van der Waals surface area contributed by atoms with E-state index in [1.165, 1.54) is 0 Å². The third kappa shape index (κ3) is 3.79. The number of amides is 2. The summed E-state index contributed by atoms with van der Waals surface area (Å²) < 4.78 is 0. The maximum absolute atomic E-state index is 11.9. The van der Waals surface area contributed by atoms with E-state index in [4.69, 9.17) is 5.73 Å². The molecule has 102 valence electrons. The number of rotatable bonds is 5. The number of anilines is 1. The van der Waals surface area contributed by atoms with Gasteiger partial charge in [0.05, 0.1) is 6.04 Å². The summed E-state index contributed by atoms with van der Waals surface area (Å²) in [5, 5.41) is 5.62. The lowest BCUT2D eigenvalue weighted by molar-refractivity contribution is -0.117. The fourth-order valence-electron chi connectivity index (χ4n) is 1.65. The smallest absolute Gasteiger partial charge is 0.251 e. The third-order valence-corrected chi connectivity index (χ3v) is 3.08. The molecule has 0 heterocycles. The van der Waals surface area contributed by atoms with Crippen LogP contribution in [0.3, 0.4) is 0 Å². The Kier molecular flexibility index (Phi) is 4.16. The summed E-state index contributed by atoms with van der Waals surface area (Å²) in [7, 11) is 0. The molecule has 19 heavy (non-hydrogen) atoms. The lowest BCUT2D eigenvalue weighted by Gasteiger charge is -2.11. The highest BCUT2D eigenvalue weighted by Gasteiger charge is 2.23. The Morgan fingerprint density at radius 2 is 2.16 bits per heavy atom. The summed E-state index contributed by atoms with van der Waals surface area (Å²) in [6.45, 7) is 1.85. The van der Waals surface area contributed by atoms with Crippen LogP contribution < -0.4 is 16.4 Å². The normalized spacial score (nSPS) is 15.7. The van der Waals surface area contributed by atoms with Gasteiger partial charge in [-0.2, -0.15) is 0 Å². The quantitative estimate of drug-likeness (QED) is 0.746. The van der Waals surface area contributed by atoms with Crippen LogP contribution in [0.4, 0.5) is 5.69 Å². The number of hydrogen-bond donors (Lipinski definition) is 3. The monoisotopic (exact) mass is 261 g/mol. The van der Waals surface area contributed by atoms with Crippen LogP contribution in [0.2, 0.25) is 0 Å². The van der Waals surface area contributed by atoms with E-state index in [-0.39, 0.29) is 11.8 Å². The van der Waals surface area contributed by atoms with E-state index >= 15 is 0 Å². The van der Waals surface area contributed by atoms with Crippen LogP contribution in [0, 0.1) is 0 Å². The van der Waals surface area contributed by atoms with E-state index in [2.05, 4.69) is 10.6 Å². The largest absolute Gasteiger partial charge is 0.349 e. The summed E-state index contributed by atoms with van der Waals surface area (Å²) >= 11 is 0. The van der Waals surface area contributed by atoms with Crippen molar-refractivity contribution >= 4 is 17.5 Å². The lowest BCUT2D eigenvalue weighted by atomic mass is 10.1. The minimum Gasteiger partial charge on any atom is -0.349 e. The van der Waals surface area contributed by atoms with Crippen molar-refractivity contribution in [2.75, 3.05) is 5.32 Å². The minimum absolute atomic E-state index is 0.0987. The molecule has 1 aliphatic rings. The number of carbonyl (C=O) groups is 2. The number of nitrogens with two attached hydrogens (primary N) is 1. The zero-order chi connectivity index (χ0) is 13.8. The fourth-order valence-corrected chi connectivity index (χ4v) is 1.65. The Labute approximate surface area is 112 Å². The standard InChI is InChI=1S/C14H19N3O2/c1-2-12(15)14(19)17-11-5-3-4-9(8-11)13(18)16-10-6-7-10/h3-5,8,10,12H,2,6-7,15H2,1H3,(H,16,18)(H,17,19)/t12-/m1/s1. The van der Waals surface area contributed by atoms with Crippen molar-refractivity contribution in [2.24, 2.45) is 5.73 Å². The molecule has 0 aliphatic heterocycles. The summed E-state index contributed by atoms with van der Waals surface area (Å²) in [5.74, 6) is -0.333. The van der Waals surface area contributed by atoms with Crippen LogP contribution in [0.15, 0.2) is 24.3 Å². The fraction of sp³-hybridized carbons (Fsp3) is 0.429. The number of nitrogens with one attached hydrogen (secondary N) is 2. The Bertz CT molecular complexity index is 483. The first-order valence-corrected chi connectivity index (χ1v) is 6.57. The topological polar surface area (TPSA) is 84.2 Å². The molecule has 0 radical (unpaired) electrons. The predicted molar refractivity (Wildman–Crippen MR) is 73.8 cm³/mol. The van der Waals surface area contributed by atoms with E-state index in [0.717, 1.165) is 12.8 Å². The van der Waals surface area contributed by atoms with Crippen molar-refractivity contribution in [2.45, 2.75) is 38.3 Å². The summed E-state index contributed by atoms with van der Waals surface area (Å²) in [6, 6.07) is 6.68. The summed E-state index contributed by atoms with van der Waals surface area (Å²) in [6.07, 6.45) is 2.68. The third-order valence-electron chi connectivity index (χ3n) is 3.08. The van der Waals surface area contributed by atoms with Crippen LogP contribution in [-0.2, 0) is 4.79 Å². The molecule has 1 fully saturated rings. The average Bonchev–Trinajstić information content (AvgIpc) is 3.22. The van der Waals surface area contributed by atoms with Gasteiger partial charge in [0.1, 0.15) is 0 Å². The van der Waals surface area contributed by atoms with Crippen LogP contribution in [0.25, 0.3) is 0 Å². The summed E-state index contributed by atoms with van der Waals surface area (Å²) in [4.78, 5) is 23.6. The molecule has 1 aliphatic carbocycles. The molecule has 5 heteroatoms. The van der Waals surface area contributed by atoms with E-state index in [0.29, 0.717) is 23.7 Å². The Morgan fingerprint density at radius 3 is 2.79 bits per heavy atom. The number of hydrogen-bond acceptors (Lipinski definition) is 3. The van der Waals surface area contributed by atoms with Gasteiger partial charge < -0.3 is 16.4 Å². The Balaban J connectivity index is 2.01. The van der Waals surface area contributed by atoms with Crippen molar-refractivity contribution in [1.29, 1.82) is 0 Å². The molecule has 1 saturated carbocycles. The first-order valence-electron chi connectivity index (χ1n) is 6.57. The molecule has 0 saturated heterocycles. The first-order chi connectivity index (χ1) is 9.10. The predicted octanol–water partition coefficient (Wildman–Crippen LogP) is 1.25. The van der Waals surface area contributed by atoms with E-state index in [9.17, 15) is 9.59 Å². The minimum atomic E-state index is -0.524. The van der Waals surface area contributed by atoms with Gasteiger partial charge in [-0.15, -0.1) is 0 Å². The molecule has 1 atom stereocenters. The number of benzene rings is 1. The SMILES string of the molecule is CC[C@@H](N)C(=O)Nc1cccc(C(=O)NC2CC2)c1. The highest BCUT2D eigenvalue weighted by Crippen LogP contribution is 2.20. The van der Waals surface area contributed by atoms with Gasteiger partial charge >= 0.3 is 0 Å². The van der Waals surface area contributed by atoms with Crippen LogP contribution in [0.1, 0.15) is 36.5 Å². The van der Waals surface area contributed by atoms with Crippen LogP contribution in [-0.4, -0.2) is 23.9 Å². The van der Waals surface area contributed by atoms with Crippen LogP contribution in [0.5, 0.6) is 0 Å². The molecule has 4 N–H and O–H groups in total. The Hall–Kier alpha value is -1.88. The maximum Gasteiger partial charge on any atom is 0.251 e. The molecule has 2 amide bonds. The van der Waals surface area contributed by atoms with Crippen molar-refractivity contribution in [3.63, 3.8) is 0 Å². The van der Waals surface area contributed by atoms with Gasteiger partial charge in [-0.05, 0) is 37.5 Å². The molecular formula is C14H19N3O2. The van der Waals surface area contributed by atoms with Gasteiger partial charge in [-0.3, -0.25) is 9.59 Å². The highest BCUT2D eigenvalue weighted by atomic mass is 16.2. The van der Waals surface area contributed by atoms with Gasteiger partial charge in [-0.1, -0.05) is 13.0 Å². The second-order valence-electron chi connectivity index (χ2n) is 4.83. The van der Waals surface area contributed by atoms with Crippen molar-refractivity contribution < 1.29 is 9.59 Å². The average molecular weight is 261 g/mol. The highest BCUT2D eigenvalue weighted by molar-refractivity contribution is 5.98. The van der Waals surface area contributed by atoms with Crippen LogP contribution >= 0.6 is 0 Å². The van der Waals surface area contributed by atoms with Crippen molar-refractivity contribution in [3.8, 4) is 0 Å². The lowest BCUT2D eigenvalue weighted by Crippen LogP contribution is -2.34.